The van der Waals surface area contributed by atoms with E-state index in [2.05, 4.69) is 4.99 Å². The van der Waals surface area contributed by atoms with Gasteiger partial charge in [0, 0.05) is 30.5 Å². The zero-order valence-electron chi connectivity index (χ0n) is 12.4. The minimum absolute atomic E-state index is 0.00689. The molecule has 2 aromatic carbocycles. The number of carbonyl (C=O) groups excluding carboxylic acids is 1. The van der Waals surface area contributed by atoms with Gasteiger partial charge in [0.15, 0.2) is 0 Å². The molecule has 1 heterocycles. The second kappa shape index (κ2) is 6.39. The van der Waals surface area contributed by atoms with Gasteiger partial charge in [-0.15, -0.1) is 0 Å². The Morgan fingerprint density at radius 1 is 1.22 bits per heavy atom. The fraction of sp³-hybridized carbons (Fsp3) is 0.176. The molecule has 0 fully saturated rings. The van der Waals surface area contributed by atoms with Crippen LogP contribution in [-0.2, 0) is 11.2 Å². The van der Waals surface area contributed by atoms with Crippen molar-refractivity contribution in [3.05, 3.63) is 69.8 Å². The van der Waals surface area contributed by atoms with Gasteiger partial charge in [-0.2, -0.15) is 0 Å². The molecule has 6 heteroatoms. The van der Waals surface area contributed by atoms with E-state index in [0.29, 0.717) is 24.3 Å². The maximum Gasteiger partial charge on any atom is 0.270 e. The number of aliphatic imine (C=N–C) groups is 1. The van der Waals surface area contributed by atoms with Crippen molar-refractivity contribution in [2.24, 2.45) is 4.99 Å². The van der Waals surface area contributed by atoms with E-state index in [-0.39, 0.29) is 18.0 Å². The number of fused-ring (bicyclic) bond motifs is 1. The van der Waals surface area contributed by atoms with Gasteiger partial charge in [0.2, 0.25) is 5.91 Å². The van der Waals surface area contributed by atoms with E-state index in [9.17, 15) is 14.9 Å². The van der Waals surface area contributed by atoms with Crippen molar-refractivity contribution in [1.29, 1.82) is 0 Å². The monoisotopic (exact) mass is 309 g/mol. The second-order valence-electron chi connectivity index (χ2n) is 5.24. The molecule has 0 unspecified atom stereocenters. The van der Waals surface area contributed by atoms with Gasteiger partial charge < -0.3 is 4.90 Å². The van der Waals surface area contributed by atoms with Gasteiger partial charge in [0.25, 0.3) is 5.69 Å². The Hall–Kier alpha value is -3.02. The fourth-order valence-electron chi connectivity index (χ4n) is 2.57. The van der Waals surface area contributed by atoms with Crippen LogP contribution < -0.4 is 4.90 Å². The number of hydrogen-bond donors (Lipinski definition) is 0. The van der Waals surface area contributed by atoms with Crippen molar-refractivity contribution >= 4 is 23.5 Å². The molecule has 1 amide bonds. The highest BCUT2D eigenvalue weighted by molar-refractivity contribution is 6.01. The van der Waals surface area contributed by atoms with Crippen molar-refractivity contribution < 1.29 is 9.72 Å². The van der Waals surface area contributed by atoms with Crippen LogP contribution in [0.2, 0.25) is 0 Å². The van der Waals surface area contributed by atoms with Crippen molar-refractivity contribution in [3.63, 3.8) is 0 Å². The maximum atomic E-state index is 12.6. The van der Waals surface area contributed by atoms with Crippen molar-refractivity contribution in [2.45, 2.75) is 6.42 Å². The SMILES string of the molecule is O=C(Cc1ccccc1)N1CCN=Cc2cc([N+](=O)[O-])ccc21. The summed E-state index contributed by atoms with van der Waals surface area (Å²) >= 11 is 0. The molecule has 0 atom stereocenters. The first-order valence-electron chi connectivity index (χ1n) is 7.28. The van der Waals surface area contributed by atoms with Crippen LogP contribution in [0.4, 0.5) is 11.4 Å². The highest BCUT2D eigenvalue weighted by Crippen LogP contribution is 2.26. The van der Waals surface area contributed by atoms with Gasteiger partial charge in [-0.1, -0.05) is 30.3 Å². The lowest BCUT2D eigenvalue weighted by Crippen LogP contribution is -2.34. The number of benzene rings is 2. The van der Waals surface area contributed by atoms with Gasteiger partial charge in [0.05, 0.1) is 23.6 Å². The number of benzodiazepines with no additional fused rings is 1. The quantitative estimate of drug-likeness (QED) is 0.646. The number of nitro benzene ring substituents is 1. The Bertz CT molecular complexity index is 772. The number of rotatable bonds is 3. The first kappa shape index (κ1) is 14.9. The molecule has 3 rings (SSSR count). The van der Waals surface area contributed by atoms with Gasteiger partial charge >= 0.3 is 0 Å². The van der Waals surface area contributed by atoms with Gasteiger partial charge in [-0.05, 0) is 11.6 Å². The molecular weight excluding hydrogens is 294 g/mol. The average Bonchev–Trinajstić information content (AvgIpc) is 2.77. The molecular formula is C17H15N3O3. The molecule has 0 saturated carbocycles. The van der Waals surface area contributed by atoms with E-state index < -0.39 is 4.92 Å². The van der Waals surface area contributed by atoms with Crippen LogP contribution in [-0.4, -0.2) is 30.1 Å². The fourth-order valence-corrected chi connectivity index (χ4v) is 2.57. The third kappa shape index (κ3) is 3.26. The zero-order valence-corrected chi connectivity index (χ0v) is 12.4. The summed E-state index contributed by atoms with van der Waals surface area (Å²) in [6, 6.07) is 14.0. The summed E-state index contributed by atoms with van der Waals surface area (Å²) in [7, 11) is 0. The van der Waals surface area contributed by atoms with E-state index >= 15 is 0 Å². The van der Waals surface area contributed by atoms with Gasteiger partial charge in [-0.3, -0.25) is 19.9 Å². The normalized spacial score (nSPS) is 13.3. The summed E-state index contributed by atoms with van der Waals surface area (Å²) in [6.45, 7) is 0.940. The molecule has 0 saturated heterocycles. The van der Waals surface area contributed by atoms with E-state index in [4.69, 9.17) is 0 Å². The van der Waals surface area contributed by atoms with Crippen LogP contribution in [0.5, 0.6) is 0 Å². The van der Waals surface area contributed by atoms with Crippen LogP contribution >= 0.6 is 0 Å². The topological polar surface area (TPSA) is 75.8 Å². The predicted octanol–water partition coefficient (Wildman–Crippen LogP) is 2.60. The first-order chi connectivity index (χ1) is 11.1. The lowest BCUT2D eigenvalue weighted by atomic mass is 10.1. The van der Waals surface area contributed by atoms with Crippen LogP contribution in [0.15, 0.2) is 53.5 Å². The molecule has 6 nitrogen and oxygen atoms in total. The summed E-state index contributed by atoms with van der Waals surface area (Å²) < 4.78 is 0. The van der Waals surface area contributed by atoms with Gasteiger partial charge in [0.1, 0.15) is 0 Å². The molecule has 0 bridgehead atoms. The smallest absolute Gasteiger partial charge is 0.270 e. The molecule has 23 heavy (non-hydrogen) atoms. The Labute approximate surface area is 133 Å². The Morgan fingerprint density at radius 2 is 2.00 bits per heavy atom. The number of nitrogens with zero attached hydrogens (tertiary/aromatic N) is 3. The molecule has 0 aromatic heterocycles. The summed E-state index contributed by atoms with van der Waals surface area (Å²) in [5.74, 6) is -0.0446. The number of nitro groups is 1. The molecule has 1 aliphatic rings. The van der Waals surface area contributed by atoms with Gasteiger partial charge in [-0.25, -0.2) is 0 Å². The van der Waals surface area contributed by atoms with E-state index in [1.807, 2.05) is 30.3 Å². The second-order valence-corrected chi connectivity index (χ2v) is 5.24. The van der Waals surface area contributed by atoms with Crippen LogP contribution in [0.1, 0.15) is 11.1 Å². The standard InChI is InChI=1S/C17H15N3O3/c21-17(10-13-4-2-1-3-5-13)19-9-8-18-12-14-11-15(20(22)23)6-7-16(14)19/h1-7,11-12H,8-10H2. The summed E-state index contributed by atoms with van der Waals surface area (Å²) in [5, 5.41) is 10.9. The van der Waals surface area contributed by atoms with Crippen LogP contribution in [0, 0.1) is 10.1 Å². The lowest BCUT2D eigenvalue weighted by molar-refractivity contribution is -0.384. The summed E-state index contributed by atoms with van der Waals surface area (Å²) in [6.07, 6.45) is 1.88. The van der Waals surface area contributed by atoms with E-state index in [0.717, 1.165) is 5.56 Å². The molecule has 0 N–H and O–H groups in total. The number of hydrogen-bond acceptors (Lipinski definition) is 4. The molecule has 1 aliphatic heterocycles. The van der Waals surface area contributed by atoms with E-state index in [1.165, 1.54) is 12.1 Å². The summed E-state index contributed by atoms with van der Waals surface area (Å²) in [4.78, 5) is 29.0. The molecule has 116 valence electrons. The number of amides is 1. The largest absolute Gasteiger partial charge is 0.310 e. The van der Waals surface area contributed by atoms with Crippen LogP contribution in [0.25, 0.3) is 0 Å². The third-order valence-corrected chi connectivity index (χ3v) is 3.70. The minimum atomic E-state index is -0.449. The maximum absolute atomic E-state index is 12.6. The van der Waals surface area contributed by atoms with E-state index in [1.54, 1.807) is 17.2 Å². The average molecular weight is 309 g/mol. The molecule has 0 radical (unpaired) electrons. The minimum Gasteiger partial charge on any atom is -0.310 e. The van der Waals surface area contributed by atoms with Crippen LogP contribution in [0.3, 0.4) is 0 Å². The van der Waals surface area contributed by atoms with Crippen molar-refractivity contribution in [1.82, 2.24) is 0 Å². The highest BCUT2D eigenvalue weighted by Gasteiger charge is 2.21. The van der Waals surface area contributed by atoms with Crippen molar-refractivity contribution in [2.75, 3.05) is 18.0 Å². The van der Waals surface area contributed by atoms with Crippen molar-refractivity contribution in [3.8, 4) is 0 Å². The number of carbonyl (C=O) groups is 1. The third-order valence-electron chi connectivity index (χ3n) is 3.70. The predicted molar refractivity (Wildman–Crippen MR) is 88.1 cm³/mol. The molecule has 0 aliphatic carbocycles. The lowest BCUT2D eigenvalue weighted by Gasteiger charge is -2.22. The number of non-ortho nitro benzene ring substituents is 1. The zero-order chi connectivity index (χ0) is 16.2. The molecule has 2 aromatic rings. The Kier molecular flexibility index (Phi) is 4.14. The number of anilines is 1. The Balaban J connectivity index is 1.90. The highest BCUT2D eigenvalue weighted by atomic mass is 16.6. The first-order valence-corrected chi connectivity index (χ1v) is 7.28. The summed E-state index contributed by atoms with van der Waals surface area (Å²) in [5.41, 5.74) is 2.19. The Morgan fingerprint density at radius 3 is 2.74 bits per heavy atom. The molecule has 0 spiro atoms.